The third-order valence-electron chi connectivity index (χ3n) is 10.7. The van der Waals surface area contributed by atoms with E-state index in [1.54, 1.807) is 0 Å². The molecule has 0 unspecified atom stereocenters. The Morgan fingerprint density at radius 3 is 1.59 bits per heavy atom. The lowest BCUT2D eigenvalue weighted by atomic mass is 10.0. The van der Waals surface area contributed by atoms with Crippen molar-refractivity contribution in [3.05, 3.63) is 170 Å². The first-order chi connectivity index (χ1) is 25.3. The first-order valence-corrected chi connectivity index (χ1v) is 18.9. The van der Waals surface area contributed by atoms with Gasteiger partial charge in [-0.2, -0.15) is 0 Å². The summed E-state index contributed by atoms with van der Waals surface area (Å²) < 4.78 is 4.74. The van der Waals surface area contributed by atoms with Crippen molar-refractivity contribution in [1.82, 2.24) is 19.1 Å². The quantitative estimate of drug-likeness (QED) is 0.176. The maximum atomic E-state index is 5.12. The minimum Gasteiger partial charge on any atom is -0.309 e. The number of benzene rings is 6. The van der Waals surface area contributed by atoms with Gasteiger partial charge in [-0.3, -0.25) is 9.97 Å². The van der Waals surface area contributed by atoms with Crippen LogP contribution in [0.1, 0.15) is 0 Å². The molecule has 0 N–H and O–H groups in total. The first-order valence-electron chi connectivity index (χ1n) is 17.4. The van der Waals surface area contributed by atoms with Crippen LogP contribution in [0.5, 0.6) is 0 Å². The summed E-state index contributed by atoms with van der Waals surface area (Å²) >= 11 is 0. The van der Waals surface area contributed by atoms with E-state index in [1.165, 1.54) is 87.6 Å². The molecule has 5 heterocycles. The fourth-order valence-electron chi connectivity index (χ4n) is 8.37. The van der Waals surface area contributed by atoms with Crippen LogP contribution in [0, 0.1) is 0 Å². The number of nitrogens with zero attached hydrogens (tertiary/aromatic N) is 4. The lowest BCUT2D eigenvalue weighted by Gasteiger charge is -2.10. The van der Waals surface area contributed by atoms with E-state index < -0.39 is 9.52 Å². The van der Waals surface area contributed by atoms with Gasteiger partial charge in [0, 0.05) is 57.1 Å². The molecular formula is C46H30N4Si. The van der Waals surface area contributed by atoms with E-state index in [0.717, 1.165) is 11.3 Å². The van der Waals surface area contributed by atoms with E-state index in [2.05, 4.69) is 173 Å². The Balaban J connectivity index is 0.999. The molecule has 5 heteroatoms. The molecule has 0 fully saturated rings. The van der Waals surface area contributed by atoms with Gasteiger partial charge in [-0.1, -0.05) is 91.0 Å². The molecule has 1 aliphatic rings. The number of hydrogen-bond donors (Lipinski definition) is 0. The van der Waals surface area contributed by atoms with Crippen molar-refractivity contribution in [2.75, 3.05) is 0 Å². The van der Waals surface area contributed by atoms with Crippen LogP contribution in [0.25, 0.3) is 88.5 Å². The molecular weight excluding hydrogens is 637 g/mol. The third-order valence-corrected chi connectivity index (χ3v) is 12.7. The maximum absolute atomic E-state index is 5.12. The van der Waals surface area contributed by atoms with Gasteiger partial charge in [0.15, 0.2) is 0 Å². The Morgan fingerprint density at radius 2 is 0.941 bits per heavy atom. The lowest BCUT2D eigenvalue weighted by Crippen LogP contribution is -2.23. The van der Waals surface area contributed by atoms with Gasteiger partial charge in [-0.15, -0.1) is 0 Å². The average molecular weight is 667 g/mol. The van der Waals surface area contributed by atoms with Crippen LogP contribution in [-0.2, 0) is 0 Å². The zero-order chi connectivity index (χ0) is 33.5. The van der Waals surface area contributed by atoms with E-state index in [4.69, 9.17) is 9.97 Å². The molecule has 6 aromatic carbocycles. The van der Waals surface area contributed by atoms with Crippen molar-refractivity contribution < 1.29 is 0 Å². The molecule has 0 bridgehead atoms. The Morgan fingerprint density at radius 1 is 0.412 bits per heavy atom. The summed E-state index contributed by atoms with van der Waals surface area (Å²) in [4.78, 5) is 9.89. The lowest BCUT2D eigenvalue weighted by molar-refractivity contribution is 1.18. The van der Waals surface area contributed by atoms with Gasteiger partial charge in [0.1, 0.15) is 0 Å². The number of rotatable bonds is 4. The summed E-state index contributed by atoms with van der Waals surface area (Å²) in [5.41, 5.74) is 14.3. The van der Waals surface area contributed by atoms with Crippen LogP contribution in [-0.4, -0.2) is 28.6 Å². The van der Waals surface area contributed by atoms with Crippen molar-refractivity contribution in [2.45, 2.75) is 0 Å². The van der Waals surface area contributed by atoms with Crippen LogP contribution in [0.15, 0.2) is 170 Å². The maximum Gasteiger partial charge on any atom is 0.0922 e. The molecule has 4 aromatic heterocycles. The molecule has 11 rings (SSSR count). The van der Waals surface area contributed by atoms with Crippen molar-refractivity contribution in [2.24, 2.45) is 0 Å². The van der Waals surface area contributed by atoms with Gasteiger partial charge < -0.3 is 9.13 Å². The summed E-state index contributed by atoms with van der Waals surface area (Å²) in [6, 6.07) is 54.9. The van der Waals surface area contributed by atoms with E-state index >= 15 is 0 Å². The second kappa shape index (κ2) is 11.0. The van der Waals surface area contributed by atoms with Crippen molar-refractivity contribution in [3.8, 4) is 44.9 Å². The van der Waals surface area contributed by atoms with E-state index in [1.807, 2.05) is 6.20 Å². The summed E-state index contributed by atoms with van der Waals surface area (Å²) in [7, 11) is -0.806. The van der Waals surface area contributed by atoms with Crippen LogP contribution in [0.3, 0.4) is 0 Å². The van der Waals surface area contributed by atoms with Gasteiger partial charge in [0.25, 0.3) is 0 Å². The van der Waals surface area contributed by atoms with Crippen molar-refractivity contribution >= 4 is 63.5 Å². The number of para-hydroxylation sites is 4. The SMILES string of the molecule is c1ccc(-n2c3ccccc3c3cc(-c4cnc5c(c4)[SiH2]c4c(-c6ccc7c(c6)c6ccccc6n7-c6ccccc6)cncc4-5)ccc32)cc1. The topological polar surface area (TPSA) is 35.6 Å². The molecule has 0 spiro atoms. The number of fused-ring (bicyclic) bond motifs is 9. The normalized spacial score (nSPS) is 12.7. The molecule has 0 atom stereocenters. The van der Waals surface area contributed by atoms with Gasteiger partial charge in [-0.05, 0) is 93.3 Å². The molecule has 0 amide bonds. The van der Waals surface area contributed by atoms with E-state index in [9.17, 15) is 0 Å². The second-order valence-corrected chi connectivity index (χ2v) is 15.3. The minimum atomic E-state index is -0.806. The Kier molecular flexibility index (Phi) is 6.09. The highest BCUT2D eigenvalue weighted by atomic mass is 28.2. The highest BCUT2D eigenvalue weighted by Crippen LogP contribution is 2.37. The Hall–Kier alpha value is -6.56. The van der Waals surface area contributed by atoms with Crippen LogP contribution >= 0.6 is 0 Å². The fraction of sp³-hybridized carbons (Fsp3) is 0. The third kappa shape index (κ3) is 4.25. The summed E-state index contributed by atoms with van der Waals surface area (Å²) in [5.74, 6) is 0. The second-order valence-electron chi connectivity index (χ2n) is 13.5. The van der Waals surface area contributed by atoms with Gasteiger partial charge in [0.2, 0.25) is 0 Å². The molecule has 0 saturated carbocycles. The Bertz CT molecular complexity index is 2990. The van der Waals surface area contributed by atoms with Crippen LogP contribution in [0.2, 0.25) is 0 Å². The van der Waals surface area contributed by atoms with E-state index in [-0.39, 0.29) is 0 Å². The van der Waals surface area contributed by atoms with Gasteiger partial charge in [-0.25, -0.2) is 0 Å². The zero-order valence-electron chi connectivity index (χ0n) is 27.7. The standard InChI is InChI=1S/C46H30N4Si/c1-3-11-32(12-4-1)49-40-17-9-7-15-34(40)36-23-29(19-21-42(36)49)31-25-44-45(48-26-31)39-28-47-27-38(46(39)51-44)30-20-22-43-37(24-30)35-16-8-10-18-41(35)50(43)33-13-5-2-6-14-33/h1-28H,51H2. The van der Waals surface area contributed by atoms with E-state index in [0.29, 0.717) is 0 Å². The zero-order valence-corrected chi connectivity index (χ0v) is 29.1. The summed E-state index contributed by atoms with van der Waals surface area (Å²) in [6.07, 6.45) is 6.14. The summed E-state index contributed by atoms with van der Waals surface area (Å²) in [5, 5.41) is 7.83. The molecule has 1 aliphatic heterocycles. The van der Waals surface area contributed by atoms with Gasteiger partial charge >= 0.3 is 0 Å². The van der Waals surface area contributed by atoms with Crippen LogP contribution in [0.4, 0.5) is 0 Å². The molecule has 238 valence electrons. The minimum absolute atomic E-state index is 0.806. The first kappa shape index (κ1) is 28.3. The Labute approximate surface area is 296 Å². The smallest absolute Gasteiger partial charge is 0.0922 e. The van der Waals surface area contributed by atoms with Gasteiger partial charge in [0.05, 0.1) is 37.3 Å². The molecule has 0 saturated heterocycles. The van der Waals surface area contributed by atoms with Crippen LogP contribution < -0.4 is 10.4 Å². The highest BCUT2D eigenvalue weighted by Gasteiger charge is 2.25. The molecule has 0 radical (unpaired) electrons. The predicted octanol–water partition coefficient (Wildman–Crippen LogP) is 9.10. The highest BCUT2D eigenvalue weighted by molar-refractivity contribution is 6.74. The fourth-order valence-corrected chi connectivity index (χ4v) is 10.5. The molecule has 10 aromatic rings. The average Bonchev–Trinajstić information content (AvgIpc) is 3.85. The molecule has 0 aliphatic carbocycles. The number of hydrogen-bond acceptors (Lipinski definition) is 2. The van der Waals surface area contributed by atoms with Crippen molar-refractivity contribution in [3.63, 3.8) is 0 Å². The van der Waals surface area contributed by atoms with Crippen molar-refractivity contribution in [1.29, 1.82) is 0 Å². The number of aromatic nitrogens is 4. The largest absolute Gasteiger partial charge is 0.309 e. The predicted molar refractivity (Wildman–Crippen MR) is 215 cm³/mol. The molecule has 4 nitrogen and oxygen atoms in total. The molecule has 51 heavy (non-hydrogen) atoms. The summed E-state index contributed by atoms with van der Waals surface area (Å²) in [6.45, 7) is 0. The monoisotopic (exact) mass is 666 g/mol. The number of pyridine rings is 2.